The quantitative estimate of drug-likeness (QED) is 0.418. The van der Waals surface area contributed by atoms with Crippen molar-refractivity contribution in [1.29, 1.82) is 0 Å². The van der Waals surface area contributed by atoms with Gasteiger partial charge in [-0.1, -0.05) is 30.3 Å². The molecule has 0 saturated carbocycles. The van der Waals surface area contributed by atoms with E-state index in [-0.39, 0.29) is 29.3 Å². The van der Waals surface area contributed by atoms with Gasteiger partial charge in [0.2, 0.25) is 0 Å². The number of benzene rings is 2. The number of carbonyl (C=O) groups is 1. The molecule has 0 fully saturated rings. The molecule has 2 aromatic carbocycles. The zero-order valence-corrected chi connectivity index (χ0v) is 16.9. The Morgan fingerprint density at radius 1 is 1.13 bits per heavy atom. The molecule has 0 N–H and O–H groups in total. The highest BCUT2D eigenvalue weighted by Crippen LogP contribution is 2.35. The molecule has 3 rings (SSSR count). The van der Waals surface area contributed by atoms with Crippen LogP contribution in [-0.4, -0.2) is 46.8 Å². The van der Waals surface area contributed by atoms with Crippen molar-refractivity contribution in [2.75, 3.05) is 21.3 Å². The fourth-order valence-electron chi connectivity index (χ4n) is 3.09. The van der Waals surface area contributed by atoms with Crippen molar-refractivity contribution >= 4 is 11.6 Å². The summed E-state index contributed by atoms with van der Waals surface area (Å²) in [6.07, 6.45) is 3.52. The third kappa shape index (κ3) is 4.57. The van der Waals surface area contributed by atoms with Gasteiger partial charge in [-0.05, 0) is 5.56 Å². The lowest BCUT2D eigenvalue weighted by Gasteiger charge is -2.17. The molecule has 156 valence electrons. The van der Waals surface area contributed by atoms with Crippen molar-refractivity contribution in [3.05, 3.63) is 81.7 Å². The Morgan fingerprint density at radius 2 is 1.80 bits per heavy atom. The van der Waals surface area contributed by atoms with Gasteiger partial charge in [0, 0.05) is 31.4 Å². The number of rotatable bonds is 8. The molecule has 0 aliphatic heterocycles. The van der Waals surface area contributed by atoms with E-state index in [1.54, 1.807) is 17.9 Å². The molecule has 0 radical (unpaired) electrons. The Kier molecular flexibility index (Phi) is 6.31. The maximum absolute atomic E-state index is 12.9. The lowest BCUT2D eigenvalue weighted by Crippen LogP contribution is -2.26. The first-order chi connectivity index (χ1) is 14.4. The van der Waals surface area contributed by atoms with E-state index >= 15 is 0 Å². The standard InChI is InChI=1S/C21H22N4O5/c1-23(12-16-11-22-24(14-16)13-15-7-5-4-6-8-15)21(26)17-9-19(29-2)20(30-3)10-18(17)25(27)28/h4-11,14H,12-13H2,1-3H3. The number of aromatic nitrogens is 2. The molecule has 30 heavy (non-hydrogen) atoms. The van der Waals surface area contributed by atoms with E-state index in [2.05, 4.69) is 5.10 Å². The zero-order valence-electron chi connectivity index (χ0n) is 16.9. The molecule has 1 aromatic heterocycles. The summed E-state index contributed by atoms with van der Waals surface area (Å²) in [7, 11) is 4.36. The molecule has 0 atom stereocenters. The molecule has 1 amide bonds. The second-order valence-electron chi connectivity index (χ2n) is 6.67. The molecular weight excluding hydrogens is 388 g/mol. The van der Waals surface area contributed by atoms with Crippen LogP contribution >= 0.6 is 0 Å². The lowest BCUT2D eigenvalue weighted by atomic mass is 10.1. The monoisotopic (exact) mass is 410 g/mol. The topological polar surface area (TPSA) is 99.7 Å². The van der Waals surface area contributed by atoms with E-state index in [1.807, 2.05) is 36.5 Å². The minimum Gasteiger partial charge on any atom is -0.493 e. The average Bonchev–Trinajstić information content (AvgIpc) is 3.19. The van der Waals surface area contributed by atoms with Crippen LogP contribution in [0, 0.1) is 10.1 Å². The van der Waals surface area contributed by atoms with Crippen LogP contribution in [0.15, 0.2) is 54.9 Å². The first kappa shape index (κ1) is 20.8. The first-order valence-corrected chi connectivity index (χ1v) is 9.14. The number of hydrogen-bond acceptors (Lipinski definition) is 6. The molecule has 9 heteroatoms. The second kappa shape index (κ2) is 9.08. The normalized spacial score (nSPS) is 10.5. The van der Waals surface area contributed by atoms with E-state index in [0.29, 0.717) is 6.54 Å². The zero-order chi connectivity index (χ0) is 21.7. The van der Waals surface area contributed by atoms with Crippen molar-refractivity contribution in [1.82, 2.24) is 14.7 Å². The highest BCUT2D eigenvalue weighted by Gasteiger charge is 2.26. The van der Waals surface area contributed by atoms with Gasteiger partial charge in [0.1, 0.15) is 5.56 Å². The van der Waals surface area contributed by atoms with Crippen LogP contribution in [0.3, 0.4) is 0 Å². The summed E-state index contributed by atoms with van der Waals surface area (Å²) in [6, 6.07) is 12.4. The van der Waals surface area contributed by atoms with E-state index in [9.17, 15) is 14.9 Å². The summed E-state index contributed by atoms with van der Waals surface area (Å²) in [5, 5.41) is 15.8. The number of nitrogens with zero attached hydrogens (tertiary/aromatic N) is 4. The number of amides is 1. The lowest BCUT2D eigenvalue weighted by molar-refractivity contribution is -0.385. The minimum atomic E-state index is -0.610. The number of nitro benzene ring substituents is 1. The number of hydrogen-bond donors (Lipinski definition) is 0. The molecule has 0 unspecified atom stereocenters. The van der Waals surface area contributed by atoms with Gasteiger partial charge < -0.3 is 14.4 Å². The highest BCUT2D eigenvalue weighted by atomic mass is 16.6. The molecule has 0 aliphatic rings. The van der Waals surface area contributed by atoms with Gasteiger partial charge >= 0.3 is 0 Å². The summed E-state index contributed by atoms with van der Waals surface area (Å²) in [6.45, 7) is 0.860. The summed E-state index contributed by atoms with van der Waals surface area (Å²) in [4.78, 5) is 25.2. The molecule has 0 bridgehead atoms. The van der Waals surface area contributed by atoms with Gasteiger partial charge in [0.05, 0.1) is 38.0 Å². The number of ether oxygens (including phenoxy) is 2. The van der Waals surface area contributed by atoms with Gasteiger partial charge in [-0.15, -0.1) is 0 Å². The Balaban J connectivity index is 1.78. The van der Waals surface area contributed by atoms with Crippen LogP contribution in [0.5, 0.6) is 11.5 Å². The number of nitro groups is 1. The predicted molar refractivity (Wildman–Crippen MR) is 110 cm³/mol. The highest BCUT2D eigenvalue weighted by molar-refractivity contribution is 5.98. The Bertz CT molecular complexity index is 1050. The maximum Gasteiger partial charge on any atom is 0.286 e. The summed E-state index contributed by atoms with van der Waals surface area (Å²) in [5.41, 5.74) is 1.50. The van der Waals surface area contributed by atoms with Gasteiger partial charge in [-0.25, -0.2) is 0 Å². The smallest absolute Gasteiger partial charge is 0.286 e. The third-order valence-electron chi connectivity index (χ3n) is 4.57. The minimum absolute atomic E-state index is 0.0724. The second-order valence-corrected chi connectivity index (χ2v) is 6.67. The fraction of sp³-hybridized carbons (Fsp3) is 0.238. The van der Waals surface area contributed by atoms with E-state index in [4.69, 9.17) is 9.47 Å². The number of carbonyl (C=O) groups excluding carboxylic acids is 1. The molecule has 9 nitrogen and oxygen atoms in total. The maximum atomic E-state index is 12.9. The van der Waals surface area contributed by atoms with Gasteiger partial charge in [-0.3, -0.25) is 19.6 Å². The largest absolute Gasteiger partial charge is 0.493 e. The van der Waals surface area contributed by atoms with Crippen LogP contribution < -0.4 is 9.47 Å². The van der Waals surface area contributed by atoms with Gasteiger partial charge in [0.15, 0.2) is 11.5 Å². The number of methoxy groups -OCH3 is 2. The fourth-order valence-corrected chi connectivity index (χ4v) is 3.09. The molecule has 0 spiro atoms. The van der Waals surface area contributed by atoms with Gasteiger partial charge in [0.25, 0.3) is 11.6 Å². The Labute approximate surface area is 173 Å². The third-order valence-corrected chi connectivity index (χ3v) is 4.57. The van der Waals surface area contributed by atoms with Crippen LogP contribution in [0.25, 0.3) is 0 Å². The Hall–Kier alpha value is -3.88. The molecule has 3 aromatic rings. The predicted octanol–water partition coefficient (Wildman–Crippen LogP) is 3.13. The molecule has 1 heterocycles. The average molecular weight is 410 g/mol. The van der Waals surface area contributed by atoms with Crippen molar-refractivity contribution < 1.29 is 19.2 Å². The van der Waals surface area contributed by atoms with E-state index in [1.165, 1.54) is 31.3 Å². The van der Waals surface area contributed by atoms with Crippen LogP contribution in [0.1, 0.15) is 21.5 Å². The van der Waals surface area contributed by atoms with Crippen molar-refractivity contribution in [3.8, 4) is 11.5 Å². The molecule has 0 aliphatic carbocycles. The van der Waals surface area contributed by atoms with Crippen LogP contribution in [0.2, 0.25) is 0 Å². The summed E-state index contributed by atoms with van der Waals surface area (Å²) in [5.74, 6) is -0.0698. The van der Waals surface area contributed by atoms with Crippen LogP contribution in [-0.2, 0) is 13.1 Å². The van der Waals surface area contributed by atoms with E-state index in [0.717, 1.165) is 11.1 Å². The van der Waals surface area contributed by atoms with Gasteiger partial charge in [-0.2, -0.15) is 5.10 Å². The van der Waals surface area contributed by atoms with Crippen molar-refractivity contribution in [2.45, 2.75) is 13.1 Å². The van der Waals surface area contributed by atoms with Crippen LogP contribution in [0.4, 0.5) is 5.69 Å². The Morgan fingerprint density at radius 3 is 2.43 bits per heavy atom. The van der Waals surface area contributed by atoms with Crippen molar-refractivity contribution in [3.63, 3.8) is 0 Å². The van der Waals surface area contributed by atoms with Crippen molar-refractivity contribution in [2.24, 2.45) is 0 Å². The SMILES string of the molecule is COc1cc(C(=O)N(C)Cc2cnn(Cc3ccccc3)c2)c([N+](=O)[O-])cc1OC. The van der Waals surface area contributed by atoms with E-state index < -0.39 is 10.8 Å². The summed E-state index contributed by atoms with van der Waals surface area (Å²) < 4.78 is 12.1. The summed E-state index contributed by atoms with van der Waals surface area (Å²) >= 11 is 0. The molecule has 0 saturated heterocycles. The molecular formula is C21H22N4O5. The first-order valence-electron chi connectivity index (χ1n) is 9.14.